The first-order chi connectivity index (χ1) is 11.2. The number of nitro groups is 1. The van der Waals surface area contributed by atoms with Gasteiger partial charge in [0, 0.05) is 30.8 Å². The SMILES string of the molecule is CCOC(=O)c1cc(S(=O)(=O)N2CC[C@@H](N)C2)cc([N+](=O)[O-])c1C. The summed E-state index contributed by atoms with van der Waals surface area (Å²) in [7, 11) is -3.97. The van der Waals surface area contributed by atoms with Crippen LogP contribution >= 0.6 is 0 Å². The number of benzene rings is 1. The Kier molecular flexibility index (Phi) is 5.21. The highest BCUT2D eigenvalue weighted by Crippen LogP contribution is 2.29. The molecule has 10 heteroatoms. The minimum Gasteiger partial charge on any atom is -0.462 e. The predicted octanol–water partition coefficient (Wildman–Crippen LogP) is 0.802. The van der Waals surface area contributed by atoms with Crippen LogP contribution in [0.1, 0.15) is 29.3 Å². The molecular weight excluding hydrogens is 338 g/mol. The van der Waals surface area contributed by atoms with E-state index in [4.69, 9.17) is 10.5 Å². The Bertz CT molecular complexity index is 777. The van der Waals surface area contributed by atoms with Crippen molar-refractivity contribution in [1.82, 2.24) is 4.31 Å². The second-order valence-corrected chi connectivity index (χ2v) is 7.44. The number of ether oxygens (including phenoxy) is 1. The zero-order valence-electron chi connectivity index (χ0n) is 13.4. The highest BCUT2D eigenvalue weighted by molar-refractivity contribution is 7.89. The van der Waals surface area contributed by atoms with Gasteiger partial charge >= 0.3 is 5.97 Å². The molecule has 0 spiro atoms. The number of nitrogens with two attached hydrogens (primary N) is 1. The fourth-order valence-corrected chi connectivity index (χ4v) is 4.11. The molecule has 2 N–H and O–H groups in total. The second kappa shape index (κ2) is 6.83. The van der Waals surface area contributed by atoms with Crippen molar-refractivity contribution in [2.24, 2.45) is 5.73 Å². The maximum Gasteiger partial charge on any atom is 0.338 e. The van der Waals surface area contributed by atoms with Crippen LogP contribution < -0.4 is 5.73 Å². The zero-order chi connectivity index (χ0) is 18.1. The third kappa shape index (κ3) is 3.40. The third-order valence-electron chi connectivity index (χ3n) is 3.87. The van der Waals surface area contributed by atoms with Crippen LogP contribution in [0.5, 0.6) is 0 Å². The molecule has 0 radical (unpaired) electrons. The van der Waals surface area contributed by atoms with Crippen LogP contribution in [-0.4, -0.2) is 49.4 Å². The lowest BCUT2D eigenvalue weighted by Gasteiger charge is -2.17. The van der Waals surface area contributed by atoms with Crippen LogP contribution in [0.3, 0.4) is 0 Å². The summed E-state index contributed by atoms with van der Waals surface area (Å²) in [5.41, 5.74) is 5.22. The van der Waals surface area contributed by atoms with Gasteiger partial charge in [0.1, 0.15) is 0 Å². The highest BCUT2D eigenvalue weighted by Gasteiger charge is 2.33. The molecule has 1 atom stereocenters. The first-order valence-corrected chi connectivity index (χ1v) is 8.84. The molecule has 1 aromatic carbocycles. The minimum absolute atomic E-state index is 0.0653. The van der Waals surface area contributed by atoms with Crippen LogP contribution in [0.15, 0.2) is 17.0 Å². The molecule has 0 unspecified atom stereocenters. The lowest BCUT2D eigenvalue weighted by molar-refractivity contribution is -0.385. The number of nitrogens with zero attached hydrogens (tertiary/aromatic N) is 2. The van der Waals surface area contributed by atoms with Gasteiger partial charge in [-0.25, -0.2) is 13.2 Å². The van der Waals surface area contributed by atoms with Crippen molar-refractivity contribution >= 4 is 21.7 Å². The Morgan fingerprint density at radius 1 is 1.50 bits per heavy atom. The van der Waals surface area contributed by atoms with E-state index >= 15 is 0 Å². The van der Waals surface area contributed by atoms with Crippen LogP contribution in [-0.2, 0) is 14.8 Å². The van der Waals surface area contributed by atoms with E-state index < -0.39 is 26.6 Å². The van der Waals surface area contributed by atoms with Gasteiger partial charge in [0.25, 0.3) is 5.69 Å². The Morgan fingerprint density at radius 3 is 2.67 bits per heavy atom. The zero-order valence-corrected chi connectivity index (χ0v) is 14.2. The number of hydrogen-bond donors (Lipinski definition) is 1. The standard InChI is InChI=1S/C14H19N3O6S/c1-3-23-14(18)12-6-11(7-13(9(12)2)17(19)20)24(21,22)16-5-4-10(15)8-16/h6-7,10H,3-5,8,15H2,1-2H3/t10-/m1/s1. The summed E-state index contributed by atoms with van der Waals surface area (Å²) >= 11 is 0. The number of nitro benzene ring substituents is 1. The highest BCUT2D eigenvalue weighted by atomic mass is 32.2. The molecule has 0 bridgehead atoms. The first-order valence-electron chi connectivity index (χ1n) is 7.40. The van der Waals surface area contributed by atoms with E-state index in [9.17, 15) is 23.3 Å². The van der Waals surface area contributed by atoms with Crippen LogP contribution in [0.2, 0.25) is 0 Å². The Hall–Kier alpha value is -2.04. The summed E-state index contributed by atoms with van der Waals surface area (Å²) in [6.45, 7) is 3.42. The largest absolute Gasteiger partial charge is 0.462 e. The average molecular weight is 357 g/mol. The van der Waals surface area contributed by atoms with E-state index in [2.05, 4.69) is 0 Å². The van der Waals surface area contributed by atoms with Crippen molar-refractivity contribution < 1.29 is 22.9 Å². The van der Waals surface area contributed by atoms with Gasteiger partial charge in [-0.15, -0.1) is 0 Å². The first kappa shape index (κ1) is 18.3. The average Bonchev–Trinajstić information content (AvgIpc) is 2.94. The van der Waals surface area contributed by atoms with Gasteiger partial charge in [0.15, 0.2) is 0 Å². The van der Waals surface area contributed by atoms with Crippen molar-refractivity contribution in [2.45, 2.75) is 31.2 Å². The topological polar surface area (TPSA) is 133 Å². The van der Waals surface area contributed by atoms with Gasteiger partial charge in [-0.05, 0) is 26.3 Å². The summed E-state index contributed by atoms with van der Waals surface area (Å²) in [5.74, 6) is -0.798. The molecular formula is C14H19N3O6S. The summed E-state index contributed by atoms with van der Waals surface area (Å²) in [6, 6.07) is 1.82. The van der Waals surface area contributed by atoms with Crippen molar-refractivity contribution in [2.75, 3.05) is 19.7 Å². The van der Waals surface area contributed by atoms with E-state index in [-0.39, 0.29) is 41.8 Å². The van der Waals surface area contributed by atoms with Crippen LogP contribution in [0.25, 0.3) is 0 Å². The van der Waals surface area contributed by atoms with Gasteiger partial charge in [0.05, 0.1) is 22.0 Å². The summed E-state index contributed by atoms with van der Waals surface area (Å²) in [5, 5.41) is 11.2. The van der Waals surface area contributed by atoms with Gasteiger partial charge < -0.3 is 10.5 Å². The lowest BCUT2D eigenvalue weighted by atomic mass is 10.1. The van der Waals surface area contributed by atoms with Gasteiger partial charge in [-0.2, -0.15) is 4.31 Å². The Labute approximate surface area is 139 Å². The fraction of sp³-hybridized carbons (Fsp3) is 0.500. The summed E-state index contributed by atoms with van der Waals surface area (Å²) in [6.07, 6.45) is 0.512. The molecule has 1 saturated heterocycles. The van der Waals surface area contributed by atoms with E-state index in [1.54, 1.807) is 6.92 Å². The van der Waals surface area contributed by atoms with Crippen LogP contribution in [0.4, 0.5) is 5.69 Å². The Balaban J connectivity index is 2.58. The van der Waals surface area contributed by atoms with Gasteiger partial charge in [-0.3, -0.25) is 10.1 Å². The third-order valence-corrected chi connectivity index (χ3v) is 5.71. The van der Waals surface area contributed by atoms with Crippen LogP contribution in [0, 0.1) is 17.0 Å². The molecule has 24 heavy (non-hydrogen) atoms. The molecule has 1 aliphatic rings. The second-order valence-electron chi connectivity index (χ2n) is 5.50. The van der Waals surface area contributed by atoms with E-state index in [1.807, 2.05) is 0 Å². The molecule has 2 rings (SSSR count). The predicted molar refractivity (Wildman–Crippen MR) is 85.1 cm³/mol. The molecule has 0 aliphatic carbocycles. The number of carbonyl (C=O) groups is 1. The molecule has 1 fully saturated rings. The summed E-state index contributed by atoms with van der Waals surface area (Å²) < 4.78 is 31.4. The van der Waals surface area contributed by atoms with Crippen molar-refractivity contribution in [3.63, 3.8) is 0 Å². The number of hydrogen-bond acceptors (Lipinski definition) is 7. The molecule has 132 valence electrons. The molecule has 1 aromatic rings. The molecule has 0 saturated carbocycles. The molecule has 1 heterocycles. The van der Waals surface area contributed by atoms with Crippen molar-refractivity contribution in [3.8, 4) is 0 Å². The van der Waals surface area contributed by atoms with E-state index in [0.717, 1.165) is 12.1 Å². The number of rotatable bonds is 5. The molecule has 9 nitrogen and oxygen atoms in total. The monoisotopic (exact) mass is 357 g/mol. The molecule has 0 aromatic heterocycles. The summed E-state index contributed by atoms with van der Waals surface area (Å²) in [4.78, 5) is 22.2. The minimum atomic E-state index is -3.97. The number of carbonyl (C=O) groups excluding carboxylic acids is 1. The normalized spacial score (nSPS) is 18.5. The van der Waals surface area contributed by atoms with E-state index in [0.29, 0.717) is 6.42 Å². The Morgan fingerprint density at radius 2 is 2.17 bits per heavy atom. The van der Waals surface area contributed by atoms with Crippen molar-refractivity contribution in [1.29, 1.82) is 0 Å². The number of esters is 1. The number of sulfonamides is 1. The van der Waals surface area contributed by atoms with Crippen molar-refractivity contribution in [3.05, 3.63) is 33.4 Å². The van der Waals surface area contributed by atoms with Gasteiger partial charge in [-0.1, -0.05) is 0 Å². The lowest BCUT2D eigenvalue weighted by Crippen LogP contribution is -2.32. The molecule has 0 amide bonds. The quantitative estimate of drug-likeness (QED) is 0.468. The maximum absolute atomic E-state index is 12.7. The smallest absolute Gasteiger partial charge is 0.338 e. The maximum atomic E-state index is 12.7. The fourth-order valence-electron chi connectivity index (χ4n) is 2.55. The van der Waals surface area contributed by atoms with E-state index in [1.165, 1.54) is 11.2 Å². The molecule has 1 aliphatic heterocycles. The van der Waals surface area contributed by atoms with Gasteiger partial charge in [0.2, 0.25) is 10.0 Å².